The Hall–Kier alpha value is -3.25. The second kappa shape index (κ2) is 8.02. The number of fused-ring (bicyclic) bond motifs is 2. The van der Waals surface area contributed by atoms with Gasteiger partial charge in [0.2, 0.25) is 0 Å². The van der Waals surface area contributed by atoms with Crippen molar-refractivity contribution in [1.82, 2.24) is 24.5 Å². The van der Waals surface area contributed by atoms with Crippen LogP contribution in [0.25, 0.3) is 22.1 Å². The number of phenolic OH excluding ortho intramolecular Hbond substituents is 1. The van der Waals surface area contributed by atoms with Gasteiger partial charge in [-0.05, 0) is 37.1 Å². The molecule has 4 heterocycles. The highest BCUT2D eigenvalue weighted by atomic mass is 16.6. The number of rotatable bonds is 6. The third-order valence-electron chi connectivity index (χ3n) is 5.92. The topological polar surface area (TPSA) is 162 Å². The van der Waals surface area contributed by atoms with Gasteiger partial charge >= 0.3 is 0 Å². The average Bonchev–Trinajstić information content (AvgIpc) is 3.43. The molecular formula is C21H24N6O5. The second-order valence-corrected chi connectivity index (χ2v) is 7.91. The largest absolute Gasteiger partial charge is 0.508 e. The maximum absolute atomic E-state index is 10.3. The van der Waals surface area contributed by atoms with Crippen LogP contribution in [-0.4, -0.2) is 76.4 Å². The summed E-state index contributed by atoms with van der Waals surface area (Å²) in [4.78, 5) is 16.2. The van der Waals surface area contributed by atoms with E-state index in [4.69, 9.17) is 4.74 Å². The van der Waals surface area contributed by atoms with Crippen molar-refractivity contribution in [3.05, 3.63) is 42.1 Å². The number of ether oxygens (including phenoxy) is 1. The molecule has 0 spiro atoms. The molecule has 3 aromatic heterocycles. The molecule has 168 valence electrons. The van der Waals surface area contributed by atoms with Crippen molar-refractivity contribution >= 4 is 27.9 Å². The molecule has 0 bridgehead atoms. The number of hydrogen-bond donors (Lipinski definition) is 6. The fraction of sp³-hybridized carbons (Fsp3) is 0.381. The van der Waals surface area contributed by atoms with Crippen LogP contribution < -0.4 is 5.32 Å². The minimum absolute atomic E-state index is 0.221. The number of aromatic nitrogens is 5. The average molecular weight is 440 g/mol. The number of nitrogens with zero attached hydrogens (tertiary/aromatic N) is 4. The number of anilines is 1. The van der Waals surface area contributed by atoms with Gasteiger partial charge in [0.1, 0.15) is 30.4 Å². The summed E-state index contributed by atoms with van der Waals surface area (Å²) in [6.07, 6.45) is -0.688. The number of aryl methyl sites for hydroxylation is 1. The normalized spacial score (nSPS) is 23.4. The third kappa shape index (κ3) is 3.35. The van der Waals surface area contributed by atoms with Crippen molar-refractivity contribution in [3.63, 3.8) is 0 Å². The highest BCUT2D eigenvalue weighted by molar-refractivity contribution is 5.86. The predicted molar refractivity (Wildman–Crippen MR) is 115 cm³/mol. The SMILES string of the molecule is Cc1[nH]c2ccc(O)cc2c1CCNc1ncnc2c1ncn2[C@@H]1O[C@H](CO)[C@@H](O)[C@H]1O. The van der Waals surface area contributed by atoms with Crippen LogP contribution in [0.2, 0.25) is 0 Å². The lowest BCUT2D eigenvalue weighted by Crippen LogP contribution is -2.33. The zero-order valence-electron chi connectivity index (χ0n) is 17.3. The van der Waals surface area contributed by atoms with E-state index in [2.05, 4.69) is 25.3 Å². The minimum Gasteiger partial charge on any atom is -0.508 e. The first-order valence-electron chi connectivity index (χ1n) is 10.3. The van der Waals surface area contributed by atoms with Gasteiger partial charge in [-0.3, -0.25) is 4.57 Å². The Kier molecular flexibility index (Phi) is 5.18. The molecule has 4 atom stereocenters. The third-order valence-corrected chi connectivity index (χ3v) is 5.92. The quantitative estimate of drug-likeness (QED) is 0.252. The Balaban J connectivity index is 1.36. The standard InChI is InChI=1S/C21H24N6O5/c1-10-12(13-6-11(29)2-3-14(13)26-10)4-5-22-19-16-20(24-8-23-19)27(9-25-16)21-18(31)17(30)15(7-28)32-21/h2-3,6,8-9,15,17-18,21,26,28-31H,4-5,7H2,1H3,(H,22,23,24)/t15-,17-,18-,21-/m1/s1. The van der Waals surface area contributed by atoms with Crippen LogP contribution in [0.5, 0.6) is 5.75 Å². The second-order valence-electron chi connectivity index (χ2n) is 7.91. The highest BCUT2D eigenvalue weighted by Gasteiger charge is 2.44. The number of aromatic amines is 1. The molecule has 0 amide bonds. The molecule has 11 nitrogen and oxygen atoms in total. The predicted octanol–water partition coefficient (Wildman–Crippen LogP) is 0.588. The summed E-state index contributed by atoms with van der Waals surface area (Å²) >= 11 is 0. The summed E-state index contributed by atoms with van der Waals surface area (Å²) < 4.78 is 7.12. The van der Waals surface area contributed by atoms with Crippen LogP contribution in [0.3, 0.4) is 0 Å². The summed E-state index contributed by atoms with van der Waals surface area (Å²) in [6, 6.07) is 5.26. The number of aliphatic hydroxyl groups is 3. The van der Waals surface area contributed by atoms with Crippen molar-refractivity contribution in [3.8, 4) is 5.75 Å². The van der Waals surface area contributed by atoms with E-state index in [0.717, 1.165) is 22.2 Å². The Morgan fingerprint density at radius 3 is 2.81 bits per heavy atom. The first kappa shape index (κ1) is 20.6. The minimum atomic E-state index is -1.22. The molecule has 4 aromatic rings. The highest BCUT2D eigenvalue weighted by Crippen LogP contribution is 2.32. The summed E-state index contributed by atoms with van der Waals surface area (Å²) in [7, 11) is 0. The van der Waals surface area contributed by atoms with Gasteiger partial charge in [-0.1, -0.05) is 0 Å². The van der Waals surface area contributed by atoms with E-state index >= 15 is 0 Å². The lowest BCUT2D eigenvalue weighted by molar-refractivity contribution is -0.0511. The van der Waals surface area contributed by atoms with Crippen molar-refractivity contribution < 1.29 is 25.2 Å². The summed E-state index contributed by atoms with van der Waals surface area (Å²) in [5.41, 5.74) is 4.04. The summed E-state index contributed by atoms with van der Waals surface area (Å²) in [5.74, 6) is 0.750. The number of aromatic hydroxyl groups is 1. The van der Waals surface area contributed by atoms with Crippen LogP contribution in [0.1, 0.15) is 17.5 Å². The number of nitrogens with one attached hydrogen (secondary N) is 2. The molecule has 0 unspecified atom stereocenters. The molecule has 5 rings (SSSR count). The van der Waals surface area contributed by atoms with E-state index < -0.39 is 31.1 Å². The van der Waals surface area contributed by atoms with E-state index in [9.17, 15) is 20.4 Å². The molecule has 0 saturated carbocycles. The van der Waals surface area contributed by atoms with Crippen LogP contribution in [0.15, 0.2) is 30.9 Å². The molecule has 1 saturated heterocycles. The number of H-pyrrole nitrogens is 1. The van der Waals surface area contributed by atoms with Crippen LogP contribution in [0, 0.1) is 6.92 Å². The van der Waals surface area contributed by atoms with Gasteiger partial charge < -0.3 is 35.5 Å². The van der Waals surface area contributed by atoms with Gasteiger partial charge in [-0.25, -0.2) is 15.0 Å². The maximum atomic E-state index is 10.3. The Morgan fingerprint density at radius 2 is 2.03 bits per heavy atom. The summed E-state index contributed by atoms with van der Waals surface area (Å²) in [6.45, 7) is 2.16. The molecule has 1 aliphatic heterocycles. The van der Waals surface area contributed by atoms with E-state index in [1.165, 1.54) is 17.2 Å². The molecule has 0 aliphatic carbocycles. The van der Waals surface area contributed by atoms with E-state index in [1.54, 1.807) is 12.1 Å². The molecule has 0 radical (unpaired) electrons. The van der Waals surface area contributed by atoms with E-state index in [-0.39, 0.29) is 5.75 Å². The monoisotopic (exact) mass is 440 g/mol. The van der Waals surface area contributed by atoms with E-state index in [1.807, 2.05) is 13.0 Å². The Morgan fingerprint density at radius 1 is 1.19 bits per heavy atom. The smallest absolute Gasteiger partial charge is 0.167 e. The van der Waals surface area contributed by atoms with Gasteiger partial charge in [0.25, 0.3) is 0 Å². The van der Waals surface area contributed by atoms with Crippen LogP contribution in [0.4, 0.5) is 5.82 Å². The zero-order chi connectivity index (χ0) is 22.4. The lowest BCUT2D eigenvalue weighted by atomic mass is 10.1. The number of hydrogen-bond acceptors (Lipinski definition) is 9. The van der Waals surface area contributed by atoms with Gasteiger partial charge in [0.05, 0.1) is 12.9 Å². The molecule has 6 N–H and O–H groups in total. The Labute approximate surface area is 182 Å². The molecular weight excluding hydrogens is 416 g/mol. The van der Waals surface area contributed by atoms with Crippen LogP contribution in [-0.2, 0) is 11.2 Å². The molecule has 11 heteroatoms. The first-order chi connectivity index (χ1) is 15.5. The maximum Gasteiger partial charge on any atom is 0.167 e. The zero-order valence-corrected chi connectivity index (χ0v) is 17.3. The fourth-order valence-corrected chi connectivity index (χ4v) is 4.28. The van der Waals surface area contributed by atoms with Gasteiger partial charge in [0, 0.05) is 23.1 Å². The summed E-state index contributed by atoms with van der Waals surface area (Å²) in [5, 5.41) is 43.8. The number of imidazole rings is 1. The molecule has 1 aromatic carbocycles. The fourth-order valence-electron chi connectivity index (χ4n) is 4.28. The number of phenols is 1. The van der Waals surface area contributed by atoms with Crippen molar-refractivity contribution in [1.29, 1.82) is 0 Å². The van der Waals surface area contributed by atoms with Gasteiger partial charge in [-0.2, -0.15) is 0 Å². The molecule has 1 aliphatic rings. The van der Waals surface area contributed by atoms with Crippen LogP contribution >= 0.6 is 0 Å². The molecule has 32 heavy (non-hydrogen) atoms. The molecule has 1 fully saturated rings. The van der Waals surface area contributed by atoms with Gasteiger partial charge in [-0.15, -0.1) is 0 Å². The first-order valence-corrected chi connectivity index (χ1v) is 10.3. The number of benzene rings is 1. The van der Waals surface area contributed by atoms with Crippen molar-refractivity contribution in [2.24, 2.45) is 0 Å². The number of aliphatic hydroxyl groups excluding tert-OH is 3. The van der Waals surface area contributed by atoms with Crippen molar-refractivity contribution in [2.45, 2.75) is 37.9 Å². The van der Waals surface area contributed by atoms with Gasteiger partial charge in [0.15, 0.2) is 23.2 Å². The van der Waals surface area contributed by atoms with E-state index in [0.29, 0.717) is 29.9 Å². The lowest BCUT2D eigenvalue weighted by Gasteiger charge is -2.16. The Bertz CT molecular complexity index is 1270. The van der Waals surface area contributed by atoms with Crippen molar-refractivity contribution in [2.75, 3.05) is 18.5 Å².